The zero-order chi connectivity index (χ0) is 13.4. The number of rotatable bonds is 1. The van der Waals surface area contributed by atoms with Crippen molar-refractivity contribution in [3.05, 3.63) is 53.4 Å². The summed E-state index contributed by atoms with van der Waals surface area (Å²) in [6.45, 7) is 0. The van der Waals surface area contributed by atoms with E-state index in [4.69, 9.17) is 0 Å². The van der Waals surface area contributed by atoms with Gasteiger partial charge in [-0.25, -0.2) is 4.79 Å². The predicted octanol–water partition coefficient (Wildman–Crippen LogP) is 1.89. The fraction of sp³-hybridized carbons (Fsp3) is 0.267. The molecule has 0 aromatic heterocycles. The molecule has 0 aliphatic carbocycles. The number of carboxylic acids is 1. The standard InChI is InChI=1S/C15H16N2O2/c1-17-13-8-3-2-5-10(13)9-11-6-4-7-12(15(18)19)16-14(11)17/h2-6,8,12,16H,7,9H2,1H3,(H,18,19). The van der Waals surface area contributed by atoms with E-state index in [1.807, 2.05) is 36.2 Å². The van der Waals surface area contributed by atoms with Crippen molar-refractivity contribution in [3.8, 4) is 0 Å². The highest BCUT2D eigenvalue weighted by atomic mass is 16.4. The Morgan fingerprint density at radius 3 is 3.00 bits per heavy atom. The van der Waals surface area contributed by atoms with Crippen LogP contribution in [0.15, 0.2) is 47.8 Å². The van der Waals surface area contributed by atoms with Gasteiger partial charge in [0, 0.05) is 19.2 Å². The first kappa shape index (κ1) is 11.8. The van der Waals surface area contributed by atoms with E-state index in [1.165, 1.54) is 5.56 Å². The van der Waals surface area contributed by atoms with Gasteiger partial charge in [0.1, 0.15) is 11.9 Å². The average Bonchev–Trinajstić information content (AvgIpc) is 2.62. The maximum Gasteiger partial charge on any atom is 0.326 e. The number of allylic oxidation sites excluding steroid dienone is 2. The van der Waals surface area contributed by atoms with Crippen molar-refractivity contribution in [2.45, 2.75) is 18.9 Å². The van der Waals surface area contributed by atoms with Crippen LogP contribution in [-0.4, -0.2) is 24.2 Å². The molecule has 4 nitrogen and oxygen atoms in total. The van der Waals surface area contributed by atoms with E-state index in [0.29, 0.717) is 6.42 Å². The first-order valence-corrected chi connectivity index (χ1v) is 6.37. The Balaban J connectivity index is 2.01. The van der Waals surface area contributed by atoms with Crippen LogP contribution in [0.3, 0.4) is 0 Å². The molecule has 98 valence electrons. The highest BCUT2D eigenvalue weighted by Crippen LogP contribution is 2.32. The molecule has 0 saturated heterocycles. The minimum Gasteiger partial charge on any atom is -0.480 e. The van der Waals surface area contributed by atoms with Gasteiger partial charge < -0.3 is 15.3 Å². The van der Waals surface area contributed by atoms with Crippen LogP contribution in [0, 0.1) is 0 Å². The lowest BCUT2D eigenvalue weighted by molar-refractivity contribution is -0.139. The number of fused-ring (bicyclic) bond motifs is 1. The summed E-state index contributed by atoms with van der Waals surface area (Å²) in [5, 5.41) is 12.3. The lowest BCUT2D eigenvalue weighted by Crippen LogP contribution is -2.42. The van der Waals surface area contributed by atoms with Crippen molar-refractivity contribution in [3.63, 3.8) is 0 Å². The number of nitrogens with zero attached hydrogens (tertiary/aromatic N) is 1. The number of carbonyl (C=O) groups is 1. The summed E-state index contributed by atoms with van der Waals surface area (Å²) >= 11 is 0. The Labute approximate surface area is 112 Å². The van der Waals surface area contributed by atoms with E-state index in [2.05, 4.69) is 17.4 Å². The fourth-order valence-electron chi connectivity index (χ4n) is 2.67. The van der Waals surface area contributed by atoms with Crippen LogP contribution >= 0.6 is 0 Å². The molecular formula is C15H16N2O2. The smallest absolute Gasteiger partial charge is 0.326 e. The summed E-state index contributed by atoms with van der Waals surface area (Å²) in [4.78, 5) is 13.2. The Morgan fingerprint density at radius 2 is 2.21 bits per heavy atom. The molecule has 2 aliphatic rings. The van der Waals surface area contributed by atoms with Crippen molar-refractivity contribution in [2.75, 3.05) is 11.9 Å². The zero-order valence-corrected chi connectivity index (χ0v) is 10.8. The topological polar surface area (TPSA) is 52.6 Å². The number of para-hydroxylation sites is 1. The number of nitrogens with one attached hydrogen (secondary N) is 1. The SMILES string of the molecule is CN1C2=C(C=CCC(C(=O)O)N2)Cc2ccccc21. The summed E-state index contributed by atoms with van der Waals surface area (Å²) in [6.07, 6.45) is 5.33. The number of benzene rings is 1. The molecule has 0 radical (unpaired) electrons. The molecule has 0 spiro atoms. The molecule has 0 fully saturated rings. The zero-order valence-electron chi connectivity index (χ0n) is 10.8. The van der Waals surface area contributed by atoms with Crippen molar-refractivity contribution in [2.24, 2.45) is 0 Å². The lowest BCUT2D eigenvalue weighted by atomic mass is 9.98. The van der Waals surface area contributed by atoms with Crippen LogP contribution in [0.2, 0.25) is 0 Å². The number of anilines is 1. The Morgan fingerprint density at radius 1 is 1.42 bits per heavy atom. The van der Waals surface area contributed by atoms with Gasteiger partial charge in [-0.2, -0.15) is 0 Å². The molecule has 1 atom stereocenters. The van der Waals surface area contributed by atoms with Crippen molar-refractivity contribution in [1.29, 1.82) is 0 Å². The molecule has 0 bridgehead atoms. The van der Waals surface area contributed by atoms with Crippen LogP contribution in [0.25, 0.3) is 0 Å². The van der Waals surface area contributed by atoms with E-state index in [1.54, 1.807) is 0 Å². The molecule has 3 rings (SSSR count). The number of carboxylic acid groups (broad SMARTS) is 1. The second-order valence-electron chi connectivity index (χ2n) is 4.91. The van der Waals surface area contributed by atoms with Gasteiger partial charge in [0.05, 0.1) is 0 Å². The van der Waals surface area contributed by atoms with Gasteiger partial charge >= 0.3 is 5.97 Å². The maximum atomic E-state index is 11.2. The summed E-state index contributed by atoms with van der Waals surface area (Å²) in [5.74, 6) is 0.0884. The van der Waals surface area contributed by atoms with Crippen LogP contribution in [0.4, 0.5) is 5.69 Å². The minimum absolute atomic E-state index is 0.506. The molecule has 0 saturated carbocycles. The van der Waals surface area contributed by atoms with E-state index >= 15 is 0 Å². The van der Waals surface area contributed by atoms with Crippen LogP contribution < -0.4 is 10.2 Å². The highest BCUT2D eigenvalue weighted by Gasteiger charge is 2.27. The Hall–Kier alpha value is -2.23. The monoisotopic (exact) mass is 256 g/mol. The van der Waals surface area contributed by atoms with E-state index in [9.17, 15) is 9.90 Å². The molecule has 1 aromatic rings. The molecule has 2 heterocycles. The highest BCUT2D eigenvalue weighted by molar-refractivity contribution is 5.75. The normalized spacial score (nSPS) is 21.3. The molecule has 0 amide bonds. The van der Waals surface area contributed by atoms with Gasteiger partial charge in [0.25, 0.3) is 0 Å². The van der Waals surface area contributed by atoms with Crippen molar-refractivity contribution < 1.29 is 9.90 Å². The number of aliphatic carboxylic acids is 1. The van der Waals surface area contributed by atoms with Crippen LogP contribution in [0.1, 0.15) is 12.0 Å². The molecule has 19 heavy (non-hydrogen) atoms. The van der Waals surface area contributed by atoms with E-state index in [-0.39, 0.29) is 0 Å². The van der Waals surface area contributed by atoms with Crippen molar-refractivity contribution >= 4 is 11.7 Å². The summed E-state index contributed by atoms with van der Waals surface area (Å²) in [5.41, 5.74) is 3.54. The molecule has 1 aromatic carbocycles. The third-order valence-electron chi connectivity index (χ3n) is 3.67. The van der Waals surface area contributed by atoms with Gasteiger partial charge in [-0.05, 0) is 23.6 Å². The van der Waals surface area contributed by atoms with Crippen molar-refractivity contribution in [1.82, 2.24) is 5.32 Å². The number of hydrogen-bond acceptors (Lipinski definition) is 3. The Bertz CT molecular complexity index is 590. The number of hydrogen-bond donors (Lipinski definition) is 2. The van der Waals surface area contributed by atoms with Crippen LogP contribution in [-0.2, 0) is 11.2 Å². The lowest BCUT2D eigenvalue weighted by Gasteiger charge is -2.33. The fourth-order valence-corrected chi connectivity index (χ4v) is 2.67. The van der Waals surface area contributed by atoms with Gasteiger partial charge in [0.2, 0.25) is 0 Å². The van der Waals surface area contributed by atoms with Gasteiger partial charge in [0.15, 0.2) is 0 Å². The van der Waals surface area contributed by atoms with Crippen LogP contribution in [0.5, 0.6) is 0 Å². The van der Waals surface area contributed by atoms with Gasteiger partial charge in [-0.15, -0.1) is 0 Å². The van der Waals surface area contributed by atoms with Gasteiger partial charge in [-0.3, -0.25) is 0 Å². The molecule has 2 aliphatic heterocycles. The molecular weight excluding hydrogens is 240 g/mol. The third kappa shape index (κ3) is 1.99. The first-order chi connectivity index (χ1) is 9.16. The average molecular weight is 256 g/mol. The second kappa shape index (κ2) is 4.46. The van der Waals surface area contributed by atoms with E-state index < -0.39 is 12.0 Å². The maximum absolute atomic E-state index is 11.2. The summed E-state index contributed by atoms with van der Waals surface area (Å²) in [7, 11) is 1.97. The predicted molar refractivity (Wildman–Crippen MR) is 73.9 cm³/mol. The third-order valence-corrected chi connectivity index (χ3v) is 3.67. The summed E-state index contributed by atoms with van der Waals surface area (Å²) in [6, 6.07) is 7.65. The molecule has 4 heteroatoms. The van der Waals surface area contributed by atoms with Gasteiger partial charge in [-0.1, -0.05) is 30.4 Å². The second-order valence-corrected chi connectivity index (χ2v) is 4.91. The Kier molecular flexibility index (Phi) is 2.78. The minimum atomic E-state index is -0.814. The largest absolute Gasteiger partial charge is 0.480 e. The summed E-state index contributed by atoms with van der Waals surface area (Å²) < 4.78 is 0. The molecule has 2 N–H and O–H groups in total. The quantitative estimate of drug-likeness (QED) is 0.805. The molecule has 1 unspecified atom stereocenters. The first-order valence-electron chi connectivity index (χ1n) is 6.37. The van der Waals surface area contributed by atoms with E-state index in [0.717, 1.165) is 23.5 Å².